The zero-order chi connectivity index (χ0) is 18.4. The number of nitrogens with two attached hydrogens (primary N) is 1. The van der Waals surface area contributed by atoms with Crippen LogP contribution in [-0.2, 0) is 6.54 Å². The first-order chi connectivity index (χ1) is 12.7. The van der Waals surface area contributed by atoms with Crippen LogP contribution in [0.25, 0.3) is 11.3 Å². The molecule has 1 aromatic heterocycles. The Balaban J connectivity index is 1.65. The Labute approximate surface area is 151 Å². The lowest BCUT2D eigenvalue weighted by atomic mass is 10.2. The molecule has 134 valence electrons. The van der Waals surface area contributed by atoms with E-state index in [0.717, 1.165) is 11.3 Å². The van der Waals surface area contributed by atoms with Crippen LogP contribution in [0, 0.1) is 0 Å². The van der Waals surface area contributed by atoms with Gasteiger partial charge in [-0.15, -0.1) is 0 Å². The minimum Gasteiger partial charge on any atom is -0.493 e. The van der Waals surface area contributed by atoms with Gasteiger partial charge in [0.15, 0.2) is 23.2 Å². The van der Waals surface area contributed by atoms with Crippen molar-refractivity contribution in [2.45, 2.75) is 6.54 Å². The normalized spacial score (nSPS) is 11.2. The maximum absolute atomic E-state index is 5.93. The number of methoxy groups -OCH3 is 2. The maximum Gasteiger partial charge on any atom is 0.216 e. The molecular formula is C19H20N4O3. The Kier molecular flexibility index (Phi) is 5.38. The molecule has 3 rings (SSSR count). The summed E-state index contributed by atoms with van der Waals surface area (Å²) in [5.41, 5.74) is 7.63. The first-order valence-electron chi connectivity index (χ1n) is 7.98. The van der Waals surface area contributed by atoms with Crippen molar-refractivity contribution in [3.63, 3.8) is 0 Å². The molecule has 0 atom stereocenters. The summed E-state index contributed by atoms with van der Waals surface area (Å²) in [6.45, 7) is 0.235. The van der Waals surface area contributed by atoms with E-state index in [0.29, 0.717) is 23.1 Å². The van der Waals surface area contributed by atoms with Crippen LogP contribution in [0.2, 0.25) is 0 Å². The summed E-state index contributed by atoms with van der Waals surface area (Å²) >= 11 is 0. The number of rotatable bonds is 6. The van der Waals surface area contributed by atoms with Gasteiger partial charge in [-0.2, -0.15) is 0 Å². The second-order valence-electron chi connectivity index (χ2n) is 5.38. The van der Waals surface area contributed by atoms with Crippen LogP contribution in [0.5, 0.6) is 11.5 Å². The number of hydrogen-bond donors (Lipinski definition) is 2. The Hall–Kier alpha value is -3.48. The van der Waals surface area contributed by atoms with Crippen LogP contribution < -0.4 is 20.5 Å². The smallest absolute Gasteiger partial charge is 0.216 e. The highest BCUT2D eigenvalue weighted by Crippen LogP contribution is 2.29. The molecule has 3 N–H and O–H groups in total. The number of aromatic nitrogens is 1. The van der Waals surface area contributed by atoms with Gasteiger partial charge in [0, 0.05) is 17.3 Å². The van der Waals surface area contributed by atoms with E-state index in [2.05, 4.69) is 15.3 Å². The molecule has 0 radical (unpaired) electrons. The average Bonchev–Trinajstić information content (AvgIpc) is 3.16. The van der Waals surface area contributed by atoms with Crippen molar-refractivity contribution in [1.29, 1.82) is 0 Å². The molecule has 0 fully saturated rings. The number of nitrogens with zero attached hydrogens (tertiary/aromatic N) is 2. The number of benzene rings is 2. The zero-order valence-corrected chi connectivity index (χ0v) is 14.6. The highest BCUT2D eigenvalue weighted by molar-refractivity contribution is 5.92. The van der Waals surface area contributed by atoms with Crippen molar-refractivity contribution in [3.8, 4) is 22.8 Å². The van der Waals surface area contributed by atoms with Gasteiger partial charge < -0.3 is 24.9 Å². The lowest BCUT2D eigenvalue weighted by molar-refractivity contribution is 0.355. The average molecular weight is 352 g/mol. The van der Waals surface area contributed by atoms with Crippen LogP contribution >= 0.6 is 0 Å². The molecule has 26 heavy (non-hydrogen) atoms. The van der Waals surface area contributed by atoms with E-state index in [4.69, 9.17) is 19.6 Å². The van der Waals surface area contributed by atoms with Crippen molar-refractivity contribution < 1.29 is 13.9 Å². The molecule has 3 aromatic rings. The van der Waals surface area contributed by atoms with Gasteiger partial charge in [0.05, 0.1) is 20.4 Å². The van der Waals surface area contributed by atoms with Crippen LogP contribution in [0.1, 0.15) is 5.89 Å². The quantitative estimate of drug-likeness (QED) is 0.522. The first-order valence-corrected chi connectivity index (χ1v) is 7.98. The minimum absolute atomic E-state index is 0.235. The second kappa shape index (κ2) is 8.06. The summed E-state index contributed by atoms with van der Waals surface area (Å²) in [6, 6.07) is 15.1. The highest BCUT2D eigenvalue weighted by atomic mass is 16.5. The van der Waals surface area contributed by atoms with Gasteiger partial charge in [0.25, 0.3) is 0 Å². The fraction of sp³-hybridized carbons (Fsp3) is 0.158. The van der Waals surface area contributed by atoms with Crippen molar-refractivity contribution in [2.24, 2.45) is 10.7 Å². The number of oxazole rings is 1. The van der Waals surface area contributed by atoms with Gasteiger partial charge in [0.2, 0.25) is 5.89 Å². The largest absolute Gasteiger partial charge is 0.493 e. The fourth-order valence-corrected chi connectivity index (χ4v) is 2.37. The molecule has 0 aliphatic carbocycles. The molecule has 0 aliphatic heterocycles. The van der Waals surface area contributed by atoms with Crippen LogP contribution in [0.4, 0.5) is 5.69 Å². The summed E-state index contributed by atoms with van der Waals surface area (Å²) in [5.74, 6) is 2.67. The van der Waals surface area contributed by atoms with Crippen LogP contribution in [0.15, 0.2) is 64.1 Å². The number of nitrogens with one attached hydrogen (secondary N) is 1. The molecule has 2 aromatic carbocycles. The van der Waals surface area contributed by atoms with Gasteiger partial charge in [-0.05, 0) is 12.1 Å². The van der Waals surface area contributed by atoms with Crippen molar-refractivity contribution in [2.75, 3.05) is 19.5 Å². The number of anilines is 1. The lowest BCUT2D eigenvalue weighted by Gasteiger charge is -2.10. The van der Waals surface area contributed by atoms with Crippen molar-refractivity contribution >= 4 is 11.6 Å². The van der Waals surface area contributed by atoms with Gasteiger partial charge in [0.1, 0.15) is 6.54 Å². The Morgan fingerprint density at radius 3 is 2.62 bits per heavy atom. The molecule has 0 saturated carbocycles. The Bertz CT molecular complexity index is 891. The lowest BCUT2D eigenvalue weighted by Crippen LogP contribution is -2.22. The third-order valence-electron chi connectivity index (χ3n) is 3.65. The molecule has 7 nitrogen and oxygen atoms in total. The predicted octanol–water partition coefficient (Wildman–Crippen LogP) is 3.29. The molecule has 0 aliphatic rings. The minimum atomic E-state index is 0.235. The summed E-state index contributed by atoms with van der Waals surface area (Å²) in [5, 5.41) is 3.00. The number of ether oxygens (including phenoxy) is 2. The molecule has 0 amide bonds. The zero-order valence-electron chi connectivity index (χ0n) is 14.6. The van der Waals surface area contributed by atoms with Crippen molar-refractivity contribution in [3.05, 3.63) is 60.6 Å². The molecule has 7 heteroatoms. The monoisotopic (exact) mass is 352 g/mol. The summed E-state index contributed by atoms with van der Waals surface area (Å²) in [4.78, 5) is 8.48. The van der Waals surface area contributed by atoms with Crippen LogP contribution in [-0.4, -0.2) is 25.2 Å². The first kappa shape index (κ1) is 17.3. The van der Waals surface area contributed by atoms with E-state index in [1.807, 2.05) is 36.4 Å². The summed E-state index contributed by atoms with van der Waals surface area (Å²) in [6.07, 6.45) is 1.68. The van der Waals surface area contributed by atoms with Crippen molar-refractivity contribution in [1.82, 2.24) is 4.98 Å². The van der Waals surface area contributed by atoms with E-state index >= 15 is 0 Å². The fourth-order valence-electron chi connectivity index (χ4n) is 2.37. The number of aliphatic imine (C=N–C) groups is 1. The summed E-state index contributed by atoms with van der Waals surface area (Å²) in [7, 11) is 3.16. The number of guanidine groups is 1. The predicted molar refractivity (Wildman–Crippen MR) is 100 cm³/mol. The molecule has 1 heterocycles. The topological polar surface area (TPSA) is 94.9 Å². The maximum atomic E-state index is 5.93. The standard InChI is InChI=1S/C19H20N4O3/c1-24-15-9-8-14(10-16(15)25-2)23-19(20)22-12-18-21-11-17(26-18)13-6-4-3-5-7-13/h3-11H,12H2,1-2H3,(H3,20,22,23). The van der Waals surface area contributed by atoms with E-state index in [-0.39, 0.29) is 12.5 Å². The number of hydrogen-bond acceptors (Lipinski definition) is 5. The van der Waals surface area contributed by atoms with Gasteiger partial charge >= 0.3 is 0 Å². The Morgan fingerprint density at radius 2 is 1.88 bits per heavy atom. The van der Waals surface area contributed by atoms with E-state index in [1.54, 1.807) is 32.5 Å². The van der Waals surface area contributed by atoms with E-state index < -0.39 is 0 Å². The highest BCUT2D eigenvalue weighted by Gasteiger charge is 2.07. The van der Waals surface area contributed by atoms with Gasteiger partial charge in [-0.25, -0.2) is 9.98 Å². The molecular weight excluding hydrogens is 332 g/mol. The van der Waals surface area contributed by atoms with Gasteiger partial charge in [-0.3, -0.25) is 0 Å². The molecule has 0 spiro atoms. The van der Waals surface area contributed by atoms with Crippen LogP contribution in [0.3, 0.4) is 0 Å². The third-order valence-corrected chi connectivity index (χ3v) is 3.65. The molecule has 0 saturated heterocycles. The van der Waals surface area contributed by atoms with E-state index in [9.17, 15) is 0 Å². The Morgan fingerprint density at radius 1 is 1.12 bits per heavy atom. The van der Waals surface area contributed by atoms with Gasteiger partial charge in [-0.1, -0.05) is 30.3 Å². The molecule has 0 unspecified atom stereocenters. The SMILES string of the molecule is COc1ccc(NC(N)=NCc2ncc(-c3ccccc3)o2)cc1OC. The van der Waals surface area contributed by atoms with E-state index in [1.165, 1.54) is 0 Å². The molecule has 0 bridgehead atoms. The third kappa shape index (κ3) is 4.13. The second-order valence-corrected chi connectivity index (χ2v) is 5.38. The summed E-state index contributed by atoms with van der Waals surface area (Å²) < 4.78 is 16.2.